The van der Waals surface area contributed by atoms with Gasteiger partial charge in [-0.15, -0.1) is 0 Å². The average Bonchev–Trinajstić information content (AvgIpc) is 2.39. The lowest BCUT2D eigenvalue weighted by molar-refractivity contribution is 0.0462. The normalized spacial score (nSPS) is 14.7. The van der Waals surface area contributed by atoms with E-state index in [1.54, 1.807) is 0 Å². The third-order valence-corrected chi connectivity index (χ3v) is 3.96. The van der Waals surface area contributed by atoms with E-state index in [0.29, 0.717) is 12.6 Å². The standard InChI is InChI=1S/C18H39NO/c1-5-6-7-8-9-10-11-12-13-14-15-18(4,20)16-19-17(2)3/h17,19-20H,5-16H2,1-4H3. The molecule has 0 spiro atoms. The molecule has 0 aromatic carbocycles. The van der Waals surface area contributed by atoms with E-state index >= 15 is 0 Å². The summed E-state index contributed by atoms with van der Waals surface area (Å²) < 4.78 is 0. The molecule has 0 saturated carbocycles. The fraction of sp³-hybridized carbons (Fsp3) is 1.00. The molecular weight excluding hydrogens is 246 g/mol. The van der Waals surface area contributed by atoms with Crippen LogP contribution >= 0.6 is 0 Å². The molecule has 0 aromatic rings. The van der Waals surface area contributed by atoms with E-state index in [-0.39, 0.29) is 0 Å². The first-order chi connectivity index (χ1) is 9.48. The molecule has 0 saturated heterocycles. The van der Waals surface area contributed by atoms with E-state index in [2.05, 4.69) is 26.1 Å². The molecule has 0 bridgehead atoms. The van der Waals surface area contributed by atoms with Crippen molar-refractivity contribution in [2.24, 2.45) is 0 Å². The van der Waals surface area contributed by atoms with Gasteiger partial charge in [-0.2, -0.15) is 0 Å². The van der Waals surface area contributed by atoms with Crippen molar-refractivity contribution in [3.63, 3.8) is 0 Å². The van der Waals surface area contributed by atoms with Crippen molar-refractivity contribution in [3.8, 4) is 0 Å². The molecule has 1 unspecified atom stereocenters. The number of hydrogen-bond donors (Lipinski definition) is 2. The van der Waals surface area contributed by atoms with Gasteiger partial charge >= 0.3 is 0 Å². The highest BCUT2D eigenvalue weighted by molar-refractivity contribution is 4.76. The molecular formula is C18H39NO. The van der Waals surface area contributed by atoms with Gasteiger partial charge in [-0.3, -0.25) is 0 Å². The molecule has 0 aromatic heterocycles. The zero-order valence-electron chi connectivity index (χ0n) is 14.5. The van der Waals surface area contributed by atoms with Gasteiger partial charge in [0, 0.05) is 12.6 Å². The molecule has 1 atom stereocenters. The van der Waals surface area contributed by atoms with E-state index < -0.39 is 5.60 Å². The van der Waals surface area contributed by atoms with Crippen molar-refractivity contribution in [1.29, 1.82) is 0 Å². The smallest absolute Gasteiger partial charge is 0.0743 e. The van der Waals surface area contributed by atoms with Crippen LogP contribution in [-0.4, -0.2) is 23.3 Å². The van der Waals surface area contributed by atoms with Crippen LogP contribution in [0.5, 0.6) is 0 Å². The maximum absolute atomic E-state index is 10.2. The van der Waals surface area contributed by atoms with Gasteiger partial charge in [0.05, 0.1) is 5.60 Å². The monoisotopic (exact) mass is 285 g/mol. The van der Waals surface area contributed by atoms with Crippen LogP contribution in [0.3, 0.4) is 0 Å². The van der Waals surface area contributed by atoms with Crippen LogP contribution in [0, 0.1) is 0 Å². The van der Waals surface area contributed by atoms with Crippen molar-refractivity contribution in [2.75, 3.05) is 6.54 Å². The third-order valence-electron chi connectivity index (χ3n) is 3.96. The third kappa shape index (κ3) is 14.3. The first-order valence-corrected chi connectivity index (χ1v) is 8.93. The van der Waals surface area contributed by atoms with E-state index in [1.807, 2.05) is 6.92 Å². The summed E-state index contributed by atoms with van der Waals surface area (Å²) in [5.41, 5.74) is -0.537. The molecule has 0 radical (unpaired) electrons. The Hall–Kier alpha value is -0.0800. The second-order valence-electron chi connectivity index (χ2n) is 6.96. The largest absolute Gasteiger partial charge is 0.389 e. The number of hydrogen-bond acceptors (Lipinski definition) is 2. The van der Waals surface area contributed by atoms with E-state index in [0.717, 1.165) is 12.8 Å². The highest BCUT2D eigenvalue weighted by Gasteiger charge is 2.19. The average molecular weight is 286 g/mol. The number of nitrogens with one attached hydrogen (secondary N) is 1. The van der Waals surface area contributed by atoms with Gasteiger partial charge in [0.25, 0.3) is 0 Å². The Morgan fingerprint density at radius 1 is 0.850 bits per heavy atom. The van der Waals surface area contributed by atoms with Gasteiger partial charge in [0.2, 0.25) is 0 Å². The van der Waals surface area contributed by atoms with Gasteiger partial charge in [-0.05, 0) is 13.3 Å². The summed E-state index contributed by atoms with van der Waals surface area (Å²) in [5.74, 6) is 0. The molecule has 0 aliphatic heterocycles. The molecule has 0 aliphatic carbocycles. The number of aliphatic hydroxyl groups is 1. The van der Waals surface area contributed by atoms with Gasteiger partial charge in [-0.25, -0.2) is 0 Å². The lowest BCUT2D eigenvalue weighted by Crippen LogP contribution is -2.40. The van der Waals surface area contributed by atoms with E-state index in [4.69, 9.17) is 0 Å². The van der Waals surface area contributed by atoms with Gasteiger partial charge in [0.15, 0.2) is 0 Å². The Morgan fingerprint density at radius 3 is 1.75 bits per heavy atom. The first-order valence-electron chi connectivity index (χ1n) is 8.93. The van der Waals surface area contributed by atoms with Crippen LogP contribution in [0.15, 0.2) is 0 Å². The van der Waals surface area contributed by atoms with Crippen molar-refractivity contribution >= 4 is 0 Å². The lowest BCUT2D eigenvalue weighted by Gasteiger charge is -2.25. The van der Waals surface area contributed by atoms with E-state index in [9.17, 15) is 5.11 Å². The molecule has 0 amide bonds. The van der Waals surface area contributed by atoms with Crippen LogP contribution in [0.1, 0.15) is 98.3 Å². The van der Waals surface area contributed by atoms with Crippen LogP contribution in [0.25, 0.3) is 0 Å². The predicted octanol–water partition coefficient (Wildman–Crippen LogP) is 5.05. The predicted molar refractivity (Wildman–Crippen MR) is 90.2 cm³/mol. The van der Waals surface area contributed by atoms with Gasteiger partial charge in [-0.1, -0.05) is 85.0 Å². The molecule has 0 fully saturated rings. The summed E-state index contributed by atoms with van der Waals surface area (Å²) in [7, 11) is 0. The Morgan fingerprint density at radius 2 is 1.30 bits per heavy atom. The maximum atomic E-state index is 10.2. The van der Waals surface area contributed by atoms with Gasteiger partial charge < -0.3 is 10.4 Å². The number of unbranched alkanes of at least 4 members (excludes halogenated alkanes) is 9. The zero-order chi connectivity index (χ0) is 15.3. The maximum Gasteiger partial charge on any atom is 0.0743 e. The minimum Gasteiger partial charge on any atom is -0.389 e. The van der Waals surface area contributed by atoms with Crippen molar-refractivity contribution in [1.82, 2.24) is 5.32 Å². The minimum absolute atomic E-state index is 0.453. The highest BCUT2D eigenvalue weighted by atomic mass is 16.3. The summed E-state index contributed by atoms with van der Waals surface area (Å²) >= 11 is 0. The molecule has 122 valence electrons. The van der Waals surface area contributed by atoms with Gasteiger partial charge in [0.1, 0.15) is 0 Å². The van der Waals surface area contributed by atoms with Crippen LogP contribution in [0.4, 0.5) is 0 Å². The van der Waals surface area contributed by atoms with Crippen LogP contribution in [0.2, 0.25) is 0 Å². The summed E-state index contributed by atoms with van der Waals surface area (Å²) in [5, 5.41) is 13.5. The molecule has 0 rings (SSSR count). The SMILES string of the molecule is CCCCCCCCCCCCC(C)(O)CNC(C)C. The summed E-state index contributed by atoms with van der Waals surface area (Å²) in [6.07, 6.45) is 14.4. The molecule has 2 N–H and O–H groups in total. The highest BCUT2D eigenvalue weighted by Crippen LogP contribution is 2.16. The molecule has 0 heterocycles. The molecule has 0 aliphatic rings. The van der Waals surface area contributed by atoms with Crippen molar-refractivity contribution in [3.05, 3.63) is 0 Å². The molecule has 20 heavy (non-hydrogen) atoms. The molecule has 2 heteroatoms. The lowest BCUT2D eigenvalue weighted by atomic mass is 9.97. The fourth-order valence-electron chi connectivity index (χ4n) is 2.51. The topological polar surface area (TPSA) is 32.3 Å². The Balaban J connectivity index is 3.30. The molecule has 2 nitrogen and oxygen atoms in total. The first kappa shape index (κ1) is 19.9. The summed E-state index contributed by atoms with van der Waals surface area (Å²) in [6, 6.07) is 0.453. The Bertz CT molecular complexity index is 202. The minimum atomic E-state index is -0.537. The number of rotatable bonds is 14. The fourth-order valence-corrected chi connectivity index (χ4v) is 2.51. The van der Waals surface area contributed by atoms with E-state index in [1.165, 1.54) is 57.8 Å². The van der Waals surface area contributed by atoms with Crippen molar-refractivity contribution in [2.45, 2.75) is 110 Å². The second-order valence-corrected chi connectivity index (χ2v) is 6.96. The van der Waals surface area contributed by atoms with Crippen LogP contribution < -0.4 is 5.32 Å². The van der Waals surface area contributed by atoms with Crippen molar-refractivity contribution < 1.29 is 5.11 Å². The van der Waals surface area contributed by atoms with Crippen LogP contribution in [-0.2, 0) is 0 Å². The quantitative estimate of drug-likeness (QED) is 0.438. The zero-order valence-corrected chi connectivity index (χ0v) is 14.5. The summed E-state index contributed by atoms with van der Waals surface area (Å²) in [4.78, 5) is 0. The second kappa shape index (κ2) is 12.6. The Kier molecular flexibility index (Phi) is 12.6. The summed E-state index contributed by atoms with van der Waals surface area (Å²) in [6.45, 7) is 9.18. The Labute approximate surface area is 127 Å².